The van der Waals surface area contributed by atoms with Gasteiger partial charge in [0.1, 0.15) is 5.82 Å². The molecule has 4 nitrogen and oxygen atoms in total. The van der Waals surface area contributed by atoms with E-state index in [1.165, 1.54) is 18.2 Å². The van der Waals surface area contributed by atoms with Gasteiger partial charge in [0, 0.05) is 17.6 Å². The number of carbonyl (C=O) groups excluding carboxylic acids is 1. The topological polar surface area (TPSA) is 41.6 Å². The number of anilines is 1. The van der Waals surface area contributed by atoms with Crippen molar-refractivity contribution in [1.29, 1.82) is 0 Å². The van der Waals surface area contributed by atoms with Crippen LogP contribution in [-0.4, -0.2) is 36.2 Å². The number of nitrogens with zero attached hydrogens (tertiary/aromatic N) is 1. The molecule has 0 radical (unpaired) electrons. The second-order valence-electron chi connectivity index (χ2n) is 4.72. The maximum Gasteiger partial charge on any atom is 0.322 e. The molecule has 1 aromatic carbocycles. The van der Waals surface area contributed by atoms with E-state index in [2.05, 4.69) is 21.2 Å². The third kappa shape index (κ3) is 3.67. The molecule has 1 aliphatic rings. The van der Waals surface area contributed by atoms with Crippen molar-refractivity contribution < 1.29 is 13.9 Å². The van der Waals surface area contributed by atoms with Gasteiger partial charge in [-0.3, -0.25) is 0 Å². The second kappa shape index (κ2) is 5.88. The van der Waals surface area contributed by atoms with Crippen LogP contribution in [-0.2, 0) is 4.74 Å². The summed E-state index contributed by atoms with van der Waals surface area (Å²) in [5.41, 5.74) is 0.554. The fourth-order valence-corrected chi connectivity index (χ4v) is 2.58. The minimum Gasteiger partial charge on any atom is -0.372 e. The molecule has 0 spiro atoms. The highest BCUT2D eigenvalue weighted by Crippen LogP contribution is 2.23. The van der Waals surface area contributed by atoms with Gasteiger partial charge in [0.05, 0.1) is 17.9 Å². The molecule has 1 saturated heterocycles. The largest absolute Gasteiger partial charge is 0.372 e. The van der Waals surface area contributed by atoms with E-state index in [0.717, 1.165) is 0 Å². The van der Waals surface area contributed by atoms with Crippen molar-refractivity contribution in [3.8, 4) is 0 Å². The molecule has 104 valence electrons. The summed E-state index contributed by atoms with van der Waals surface area (Å²) < 4.78 is 19.1. The number of hydrogen-bond acceptors (Lipinski definition) is 2. The van der Waals surface area contributed by atoms with Gasteiger partial charge < -0.3 is 15.0 Å². The van der Waals surface area contributed by atoms with E-state index < -0.39 is 0 Å². The first-order valence-electron chi connectivity index (χ1n) is 6.12. The third-order valence-electron chi connectivity index (χ3n) is 2.88. The fraction of sp³-hybridized carbons (Fsp3) is 0.462. The number of ether oxygens (including phenoxy) is 1. The number of nitrogens with one attached hydrogen (secondary N) is 1. The summed E-state index contributed by atoms with van der Waals surface area (Å²) >= 11 is 3.23. The van der Waals surface area contributed by atoms with E-state index in [1.54, 1.807) is 4.90 Å². The molecule has 2 atom stereocenters. The van der Waals surface area contributed by atoms with Gasteiger partial charge in [0.25, 0.3) is 0 Å². The maximum absolute atomic E-state index is 13.0. The van der Waals surface area contributed by atoms with Gasteiger partial charge in [-0.25, -0.2) is 9.18 Å². The average molecular weight is 331 g/mol. The molecule has 2 amide bonds. The monoisotopic (exact) mass is 330 g/mol. The van der Waals surface area contributed by atoms with Crippen molar-refractivity contribution in [2.24, 2.45) is 0 Å². The summed E-state index contributed by atoms with van der Waals surface area (Å²) in [6, 6.07) is 3.96. The van der Waals surface area contributed by atoms with E-state index in [1.807, 2.05) is 13.8 Å². The first-order chi connectivity index (χ1) is 8.95. The molecule has 0 unspecified atom stereocenters. The Morgan fingerprint density at radius 2 is 2.05 bits per heavy atom. The van der Waals surface area contributed by atoms with Crippen LogP contribution in [0.2, 0.25) is 0 Å². The Bertz CT molecular complexity index is 474. The summed E-state index contributed by atoms with van der Waals surface area (Å²) in [4.78, 5) is 13.8. The summed E-state index contributed by atoms with van der Waals surface area (Å²) in [6.45, 7) is 4.97. The third-order valence-corrected chi connectivity index (χ3v) is 3.54. The number of amides is 2. The molecular formula is C13H16BrFN2O2. The molecule has 1 fully saturated rings. The normalized spacial score (nSPS) is 23.3. The van der Waals surface area contributed by atoms with Crippen LogP contribution in [0.15, 0.2) is 22.7 Å². The van der Waals surface area contributed by atoms with Gasteiger partial charge in [-0.1, -0.05) is 0 Å². The molecule has 1 heterocycles. The quantitative estimate of drug-likeness (QED) is 0.858. The second-order valence-corrected chi connectivity index (χ2v) is 5.57. The van der Waals surface area contributed by atoms with Crippen molar-refractivity contribution in [3.05, 3.63) is 28.5 Å². The minimum absolute atomic E-state index is 0.0196. The number of benzene rings is 1. The smallest absolute Gasteiger partial charge is 0.322 e. The average Bonchev–Trinajstić information content (AvgIpc) is 2.31. The molecule has 0 aromatic heterocycles. The predicted octanol–water partition coefficient (Wildman–Crippen LogP) is 3.23. The van der Waals surface area contributed by atoms with E-state index in [9.17, 15) is 9.18 Å². The maximum atomic E-state index is 13.0. The lowest BCUT2D eigenvalue weighted by atomic mass is 10.2. The summed E-state index contributed by atoms with van der Waals surface area (Å²) in [5, 5.41) is 2.77. The van der Waals surface area contributed by atoms with Gasteiger partial charge in [0.15, 0.2) is 0 Å². The summed E-state index contributed by atoms with van der Waals surface area (Å²) in [6.07, 6.45) is 0.0392. The van der Waals surface area contributed by atoms with Crippen LogP contribution in [0.3, 0.4) is 0 Å². The number of morpholine rings is 1. The fourth-order valence-electron chi connectivity index (χ4n) is 2.13. The zero-order valence-electron chi connectivity index (χ0n) is 10.8. The van der Waals surface area contributed by atoms with Crippen LogP contribution in [0.1, 0.15) is 13.8 Å². The van der Waals surface area contributed by atoms with Crippen molar-refractivity contribution in [2.45, 2.75) is 26.1 Å². The zero-order chi connectivity index (χ0) is 14.0. The van der Waals surface area contributed by atoms with E-state index >= 15 is 0 Å². The Labute approximate surface area is 120 Å². The summed E-state index contributed by atoms with van der Waals surface area (Å²) in [7, 11) is 0. The number of hydrogen-bond donors (Lipinski definition) is 1. The first-order valence-corrected chi connectivity index (χ1v) is 6.91. The summed E-state index contributed by atoms with van der Waals surface area (Å²) in [5.74, 6) is -0.349. The van der Waals surface area contributed by atoms with Gasteiger partial charge in [-0.2, -0.15) is 0 Å². The molecule has 1 aliphatic heterocycles. The SMILES string of the molecule is C[C@@H]1CN(C(=O)Nc2ccc(F)cc2Br)C[C@@H](C)O1. The Kier molecular flexibility index (Phi) is 4.42. The lowest BCUT2D eigenvalue weighted by Crippen LogP contribution is -2.49. The van der Waals surface area contributed by atoms with Crippen molar-refractivity contribution in [2.75, 3.05) is 18.4 Å². The Morgan fingerprint density at radius 1 is 1.42 bits per heavy atom. The highest BCUT2D eigenvalue weighted by molar-refractivity contribution is 9.10. The van der Waals surface area contributed by atoms with Crippen molar-refractivity contribution in [3.63, 3.8) is 0 Å². The van der Waals surface area contributed by atoms with Gasteiger partial charge in [0.2, 0.25) is 0 Å². The minimum atomic E-state index is -0.349. The standard InChI is InChI=1S/C13H16BrFN2O2/c1-8-6-17(7-9(2)19-8)13(18)16-12-4-3-10(15)5-11(12)14/h3-5,8-9H,6-7H2,1-2H3,(H,16,18)/t8-,9-/m1/s1. The molecule has 0 saturated carbocycles. The van der Waals surface area contributed by atoms with Crippen LogP contribution < -0.4 is 5.32 Å². The number of urea groups is 1. The lowest BCUT2D eigenvalue weighted by Gasteiger charge is -2.35. The van der Waals surface area contributed by atoms with E-state index in [0.29, 0.717) is 23.2 Å². The van der Waals surface area contributed by atoms with Crippen molar-refractivity contribution >= 4 is 27.6 Å². The number of rotatable bonds is 1. The molecule has 0 aliphatic carbocycles. The van der Waals surface area contributed by atoms with Crippen molar-refractivity contribution in [1.82, 2.24) is 4.90 Å². The Morgan fingerprint density at radius 3 is 2.63 bits per heavy atom. The molecule has 2 rings (SSSR count). The van der Waals surface area contributed by atoms with E-state index in [4.69, 9.17) is 4.74 Å². The van der Waals surface area contributed by atoms with E-state index in [-0.39, 0.29) is 24.1 Å². The van der Waals surface area contributed by atoms with Gasteiger partial charge in [-0.15, -0.1) is 0 Å². The van der Waals surface area contributed by atoms with Crippen LogP contribution in [0, 0.1) is 5.82 Å². The van der Waals surface area contributed by atoms with Gasteiger partial charge in [-0.05, 0) is 48.0 Å². The molecular weight excluding hydrogens is 315 g/mol. The molecule has 6 heteroatoms. The van der Waals surface area contributed by atoms with Crippen LogP contribution in [0.25, 0.3) is 0 Å². The highest BCUT2D eigenvalue weighted by atomic mass is 79.9. The number of halogens is 2. The molecule has 1 N–H and O–H groups in total. The highest BCUT2D eigenvalue weighted by Gasteiger charge is 2.26. The zero-order valence-corrected chi connectivity index (χ0v) is 12.4. The molecule has 0 bridgehead atoms. The van der Waals surface area contributed by atoms with Crippen LogP contribution in [0.4, 0.5) is 14.9 Å². The number of carbonyl (C=O) groups is 1. The lowest BCUT2D eigenvalue weighted by molar-refractivity contribution is -0.0530. The van der Waals surface area contributed by atoms with Crippen LogP contribution >= 0.6 is 15.9 Å². The first kappa shape index (κ1) is 14.3. The molecule has 19 heavy (non-hydrogen) atoms. The Hall–Kier alpha value is -1.14. The Balaban J connectivity index is 2.04. The van der Waals surface area contributed by atoms with Gasteiger partial charge >= 0.3 is 6.03 Å². The molecule has 1 aromatic rings. The van der Waals surface area contributed by atoms with Crippen LogP contribution in [0.5, 0.6) is 0 Å². The predicted molar refractivity (Wildman–Crippen MR) is 74.7 cm³/mol.